The average Bonchev–Trinajstić information content (AvgIpc) is 2.79. The number of sulfonamides is 1. The van der Waals surface area contributed by atoms with Crippen LogP contribution in [0.15, 0.2) is 66.7 Å². The van der Waals surface area contributed by atoms with Crippen LogP contribution in [0.4, 0.5) is 4.39 Å². The predicted molar refractivity (Wildman–Crippen MR) is 119 cm³/mol. The second-order valence-electron chi connectivity index (χ2n) is 7.92. The summed E-state index contributed by atoms with van der Waals surface area (Å²) in [6.45, 7) is 0.977. The van der Waals surface area contributed by atoms with Crippen LogP contribution in [-0.2, 0) is 27.1 Å². The summed E-state index contributed by atoms with van der Waals surface area (Å²) in [4.78, 5) is 12.6. The summed E-state index contributed by atoms with van der Waals surface area (Å²) >= 11 is 0. The van der Waals surface area contributed by atoms with Gasteiger partial charge in [-0.15, -0.1) is 0 Å². The summed E-state index contributed by atoms with van der Waals surface area (Å²) in [7, 11) is -3.62. The van der Waals surface area contributed by atoms with E-state index in [1.165, 1.54) is 22.5 Å². The molecule has 0 spiro atoms. The predicted octanol–water partition coefficient (Wildman–Crippen LogP) is 3.84. The molecule has 1 aliphatic heterocycles. The minimum atomic E-state index is -3.62. The fraction of sp³-hybridized carbons (Fsp3) is 0.292. The lowest BCUT2D eigenvalue weighted by Crippen LogP contribution is -2.43. The fourth-order valence-corrected chi connectivity index (χ4v) is 5.56. The molecule has 0 radical (unpaired) electrons. The van der Waals surface area contributed by atoms with Crippen molar-refractivity contribution in [3.8, 4) is 0 Å². The van der Waals surface area contributed by atoms with Gasteiger partial charge in [-0.3, -0.25) is 4.79 Å². The van der Waals surface area contributed by atoms with Crippen molar-refractivity contribution in [2.24, 2.45) is 5.92 Å². The second kappa shape index (κ2) is 9.16. The van der Waals surface area contributed by atoms with Crippen molar-refractivity contribution in [2.75, 3.05) is 13.1 Å². The Labute approximate surface area is 181 Å². The first-order valence-electron chi connectivity index (χ1n) is 10.4. The smallest absolute Gasteiger partial charge is 0.223 e. The minimum Gasteiger partial charge on any atom is -0.352 e. The van der Waals surface area contributed by atoms with E-state index in [2.05, 4.69) is 11.4 Å². The van der Waals surface area contributed by atoms with E-state index >= 15 is 0 Å². The van der Waals surface area contributed by atoms with Gasteiger partial charge in [0, 0.05) is 31.1 Å². The molecule has 0 saturated carbocycles. The molecule has 7 heteroatoms. The molecule has 0 bridgehead atoms. The van der Waals surface area contributed by atoms with Gasteiger partial charge < -0.3 is 5.32 Å². The van der Waals surface area contributed by atoms with E-state index in [1.54, 1.807) is 6.07 Å². The van der Waals surface area contributed by atoms with Crippen LogP contribution in [0, 0.1) is 11.7 Å². The normalized spacial score (nSPS) is 15.8. The minimum absolute atomic E-state index is 0.0562. The first-order valence-corrected chi connectivity index (χ1v) is 12.0. The number of hydrogen-bond donors (Lipinski definition) is 1. The Morgan fingerprint density at radius 1 is 0.968 bits per heavy atom. The molecule has 162 valence electrons. The number of carbonyl (C=O) groups excluding carboxylic acids is 1. The maximum absolute atomic E-state index is 13.8. The Morgan fingerprint density at radius 3 is 2.39 bits per heavy atom. The lowest BCUT2D eigenvalue weighted by atomic mass is 9.97. The van der Waals surface area contributed by atoms with E-state index in [9.17, 15) is 17.6 Å². The molecular formula is C24H25FN2O3S. The molecule has 1 amide bonds. The van der Waals surface area contributed by atoms with Gasteiger partial charge in [-0.25, -0.2) is 17.1 Å². The first kappa shape index (κ1) is 21.5. The highest BCUT2D eigenvalue weighted by molar-refractivity contribution is 7.88. The van der Waals surface area contributed by atoms with Crippen molar-refractivity contribution < 1.29 is 17.6 Å². The van der Waals surface area contributed by atoms with E-state index in [0.29, 0.717) is 19.4 Å². The molecule has 0 aliphatic carbocycles. The van der Waals surface area contributed by atoms with E-state index < -0.39 is 15.8 Å². The molecule has 1 heterocycles. The van der Waals surface area contributed by atoms with E-state index in [0.717, 1.165) is 16.3 Å². The molecule has 3 aromatic carbocycles. The molecule has 3 aromatic rings. The third kappa shape index (κ3) is 5.11. The van der Waals surface area contributed by atoms with Crippen LogP contribution in [0.5, 0.6) is 0 Å². The quantitative estimate of drug-likeness (QED) is 0.633. The Balaban J connectivity index is 1.30. The van der Waals surface area contributed by atoms with Crippen molar-refractivity contribution in [1.29, 1.82) is 0 Å². The largest absolute Gasteiger partial charge is 0.352 e. The van der Waals surface area contributed by atoms with Crippen molar-refractivity contribution in [3.05, 3.63) is 83.7 Å². The number of rotatable bonds is 6. The van der Waals surface area contributed by atoms with E-state index in [4.69, 9.17) is 0 Å². The third-order valence-corrected chi connectivity index (χ3v) is 7.62. The van der Waals surface area contributed by atoms with Crippen LogP contribution in [0.1, 0.15) is 24.0 Å². The number of fused-ring (bicyclic) bond motifs is 1. The summed E-state index contributed by atoms with van der Waals surface area (Å²) in [6.07, 6.45) is 0.917. The Bertz CT molecular complexity index is 1190. The Kier molecular flexibility index (Phi) is 6.34. The number of halogens is 1. The van der Waals surface area contributed by atoms with Gasteiger partial charge in [0.05, 0.1) is 5.75 Å². The van der Waals surface area contributed by atoms with Crippen molar-refractivity contribution in [2.45, 2.75) is 25.1 Å². The van der Waals surface area contributed by atoms with E-state index in [1.807, 2.05) is 36.4 Å². The number of carbonyl (C=O) groups is 1. The topological polar surface area (TPSA) is 66.5 Å². The average molecular weight is 441 g/mol. The maximum Gasteiger partial charge on any atom is 0.223 e. The number of amides is 1. The van der Waals surface area contributed by atoms with Crippen LogP contribution < -0.4 is 5.32 Å². The van der Waals surface area contributed by atoms with Gasteiger partial charge in [-0.1, -0.05) is 54.6 Å². The molecule has 4 rings (SSSR count). The molecule has 0 atom stereocenters. The van der Waals surface area contributed by atoms with Gasteiger partial charge in [0.15, 0.2) is 0 Å². The Morgan fingerprint density at radius 2 is 1.65 bits per heavy atom. The van der Waals surface area contributed by atoms with Gasteiger partial charge in [0.1, 0.15) is 5.82 Å². The molecule has 1 saturated heterocycles. The van der Waals surface area contributed by atoms with Gasteiger partial charge in [-0.2, -0.15) is 0 Å². The number of piperidine rings is 1. The highest BCUT2D eigenvalue weighted by Crippen LogP contribution is 2.23. The van der Waals surface area contributed by atoms with Crippen molar-refractivity contribution in [1.82, 2.24) is 9.62 Å². The second-order valence-corrected chi connectivity index (χ2v) is 9.89. The zero-order chi connectivity index (χ0) is 21.8. The van der Waals surface area contributed by atoms with Gasteiger partial charge in [-0.05, 0) is 41.3 Å². The van der Waals surface area contributed by atoms with Crippen LogP contribution in [-0.4, -0.2) is 31.7 Å². The van der Waals surface area contributed by atoms with Crippen LogP contribution in [0.3, 0.4) is 0 Å². The number of benzene rings is 3. The molecule has 0 unspecified atom stereocenters. The molecule has 0 aromatic heterocycles. The first-order chi connectivity index (χ1) is 14.9. The summed E-state index contributed by atoms with van der Waals surface area (Å²) in [5.41, 5.74) is 1.19. The van der Waals surface area contributed by atoms with Crippen molar-refractivity contribution >= 4 is 26.7 Å². The number of nitrogens with one attached hydrogen (secondary N) is 1. The Hall–Kier alpha value is -2.77. The molecule has 1 fully saturated rings. The highest BCUT2D eigenvalue weighted by Gasteiger charge is 2.31. The lowest BCUT2D eigenvalue weighted by Gasteiger charge is -2.30. The van der Waals surface area contributed by atoms with Crippen LogP contribution >= 0.6 is 0 Å². The molecule has 1 aliphatic rings. The number of hydrogen-bond acceptors (Lipinski definition) is 3. The van der Waals surface area contributed by atoms with Crippen LogP contribution in [0.2, 0.25) is 0 Å². The third-order valence-electron chi connectivity index (χ3n) is 5.79. The summed E-state index contributed by atoms with van der Waals surface area (Å²) < 4.78 is 40.5. The van der Waals surface area contributed by atoms with Gasteiger partial charge in [0.2, 0.25) is 15.9 Å². The van der Waals surface area contributed by atoms with E-state index in [-0.39, 0.29) is 36.2 Å². The standard InChI is InChI=1S/C24H25FN2O3S/c25-23-8-4-3-7-22(23)17-31(29,30)27-13-11-20(12-14-27)24(28)26-16-18-9-10-19-5-1-2-6-21(19)15-18/h1-10,15,20H,11-14,16-17H2,(H,26,28). The number of nitrogens with zero attached hydrogens (tertiary/aromatic N) is 1. The fourth-order valence-electron chi connectivity index (χ4n) is 3.98. The summed E-state index contributed by atoms with van der Waals surface area (Å²) in [5, 5.41) is 5.26. The van der Waals surface area contributed by atoms with Gasteiger partial charge in [0.25, 0.3) is 0 Å². The lowest BCUT2D eigenvalue weighted by molar-refractivity contribution is -0.126. The summed E-state index contributed by atoms with van der Waals surface area (Å²) in [5.74, 6) is -1.16. The zero-order valence-electron chi connectivity index (χ0n) is 17.1. The van der Waals surface area contributed by atoms with Gasteiger partial charge >= 0.3 is 0 Å². The molecular weight excluding hydrogens is 415 g/mol. The maximum atomic E-state index is 13.8. The summed E-state index contributed by atoms with van der Waals surface area (Å²) in [6, 6.07) is 20.1. The zero-order valence-corrected chi connectivity index (χ0v) is 17.9. The van der Waals surface area contributed by atoms with Crippen LogP contribution in [0.25, 0.3) is 10.8 Å². The SMILES string of the molecule is O=C(NCc1ccc2ccccc2c1)C1CCN(S(=O)(=O)Cc2ccccc2F)CC1. The highest BCUT2D eigenvalue weighted by atomic mass is 32.2. The molecule has 31 heavy (non-hydrogen) atoms. The monoisotopic (exact) mass is 440 g/mol. The van der Waals surface area contributed by atoms with Crippen molar-refractivity contribution in [3.63, 3.8) is 0 Å². The molecule has 1 N–H and O–H groups in total. The molecule has 5 nitrogen and oxygen atoms in total.